The Morgan fingerprint density at radius 3 is 2.48 bits per heavy atom. The van der Waals surface area contributed by atoms with Gasteiger partial charge in [0.25, 0.3) is 0 Å². The van der Waals surface area contributed by atoms with Crippen molar-refractivity contribution < 1.29 is 9.59 Å². The molecule has 1 heterocycles. The number of halogens is 1. The van der Waals surface area contributed by atoms with Gasteiger partial charge in [-0.05, 0) is 37.1 Å². The van der Waals surface area contributed by atoms with Crippen LogP contribution in [0.2, 0.25) is 5.02 Å². The van der Waals surface area contributed by atoms with Crippen molar-refractivity contribution in [2.45, 2.75) is 26.8 Å². The number of amides is 1. The Labute approximate surface area is 151 Å². The summed E-state index contributed by atoms with van der Waals surface area (Å²) < 4.78 is 2.06. The first kappa shape index (κ1) is 17.2. The fraction of sp³-hybridized carbons (Fsp3) is 0.200. The Bertz CT molecular complexity index is 989. The van der Waals surface area contributed by atoms with Crippen LogP contribution in [0.25, 0.3) is 10.9 Å². The molecule has 2 aromatic carbocycles. The molecule has 1 amide bonds. The van der Waals surface area contributed by atoms with Gasteiger partial charge in [0.05, 0.1) is 5.52 Å². The summed E-state index contributed by atoms with van der Waals surface area (Å²) in [7, 11) is 0. The third kappa shape index (κ3) is 3.05. The average Bonchev–Trinajstić information content (AvgIpc) is 2.89. The van der Waals surface area contributed by atoms with E-state index in [2.05, 4.69) is 4.57 Å². The highest BCUT2D eigenvalue weighted by atomic mass is 35.5. The second-order valence-corrected chi connectivity index (χ2v) is 6.41. The predicted molar refractivity (Wildman–Crippen MR) is 100 cm³/mol. The lowest BCUT2D eigenvalue weighted by Crippen LogP contribution is -2.11. The van der Waals surface area contributed by atoms with Crippen LogP contribution in [0.3, 0.4) is 0 Å². The number of hydrogen-bond donors (Lipinski definition) is 1. The Hall–Kier alpha value is -2.59. The van der Waals surface area contributed by atoms with E-state index in [1.165, 1.54) is 0 Å². The van der Waals surface area contributed by atoms with E-state index in [0.29, 0.717) is 29.1 Å². The van der Waals surface area contributed by atoms with Gasteiger partial charge in [0.1, 0.15) is 0 Å². The zero-order valence-electron chi connectivity index (χ0n) is 14.2. The van der Waals surface area contributed by atoms with Crippen molar-refractivity contribution in [1.82, 2.24) is 4.57 Å². The molecule has 0 saturated heterocycles. The third-order valence-electron chi connectivity index (χ3n) is 4.43. The van der Waals surface area contributed by atoms with Crippen LogP contribution in [0.15, 0.2) is 42.5 Å². The summed E-state index contributed by atoms with van der Waals surface area (Å²) in [4.78, 5) is 23.8. The Morgan fingerprint density at radius 1 is 1.16 bits per heavy atom. The van der Waals surface area contributed by atoms with Crippen LogP contribution in [0.5, 0.6) is 0 Å². The van der Waals surface area contributed by atoms with Crippen molar-refractivity contribution in [3.8, 4) is 0 Å². The maximum Gasteiger partial charge on any atom is 0.248 e. The lowest BCUT2D eigenvalue weighted by molar-refractivity contribution is 0.0996. The number of ketones is 1. The van der Waals surface area contributed by atoms with Crippen molar-refractivity contribution >= 4 is 34.2 Å². The number of carbonyl (C=O) groups is 2. The second-order valence-electron chi connectivity index (χ2n) is 6.01. The van der Waals surface area contributed by atoms with E-state index in [1.807, 2.05) is 31.2 Å². The van der Waals surface area contributed by atoms with E-state index in [9.17, 15) is 9.59 Å². The minimum Gasteiger partial charge on any atom is -0.366 e. The van der Waals surface area contributed by atoms with Gasteiger partial charge >= 0.3 is 0 Å². The zero-order chi connectivity index (χ0) is 18.1. The number of nitrogens with two attached hydrogens (primary N) is 1. The number of aromatic nitrogens is 1. The van der Waals surface area contributed by atoms with Crippen LogP contribution in [0.1, 0.15) is 45.8 Å². The standard InChI is InChI=1S/C20H19ClN2O2/c1-3-17-19(12(2)24)15-9-8-13(20(22)25)10-18(15)23(17)11-14-6-4-5-7-16(14)21/h4-10H,3,11H2,1-2H3,(H2,22,25). The predicted octanol–water partition coefficient (Wildman–Crippen LogP) is 4.21. The molecular weight excluding hydrogens is 336 g/mol. The van der Waals surface area contributed by atoms with Crippen LogP contribution in [-0.4, -0.2) is 16.3 Å². The van der Waals surface area contributed by atoms with Gasteiger partial charge in [-0.25, -0.2) is 0 Å². The van der Waals surface area contributed by atoms with Crippen LogP contribution >= 0.6 is 11.6 Å². The number of primary amides is 1. The lowest BCUT2D eigenvalue weighted by atomic mass is 10.0. The number of rotatable bonds is 5. The van der Waals surface area contributed by atoms with Crippen LogP contribution in [0.4, 0.5) is 0 Å². The van der Waals surface area contributed by atoms with Gasteiger partial charge in [-0.15, -0.1) is 0 Å². The Morgan fingerprint density at radius 2 is 1.88 bits per heavy atom. The molecule has 0 radical (unpaired) electrons. The highest BCUT2D eigenvalue weighted by molar-refractivity contribution is 6.31. The number of nitrogens with zero attached hydrogens (tertiary/aromatic N) is 1. The summed E-state index contributed by atoms with van der Waals surface area (Å²) in [6, 6.07) is 12.8. The van der Waals surface area contributed by atoms with E-state index < -0.39 is 5.91 Å². The molecule has 0 unspecified atom stereocenters. The second kappa shape index (κ2) is 6.73. The average molecular weight is 355 g/mol. The molecule has 5 heteroatoms. The van der Waals surface area contributed by atoms with Crippen LogP contribution in [-0.2, 0) is 13.0 Å². The summed E-state index contributed by atoms with van der Waals surface area (Å²) in [5.41, 5.74) is 9.25. The monoisotopic (exact) mass is 354 g/mol. The maximum atomic E-state index is 12.3. The van der Waals surface area contributed by atoms with Gasteiger partial charge in [-0.1, -0.05) is 42.8 Å². The first-order valence-corrected chi connectivity index (χ1v) is 8.51. The molecule has 0 spiro atoms. The quantitative estimate of drug-likeness (QED) is 0.697. The number of fused-ring (bicyclic) bond motifs is 1. The summed E-state index contributed by atoms with van der Waals surface area (Å²) in [6.45, 7) is 4.10. The normalized spacial score (nSPS) is 11.0. The first-order valence-electron chi connectivity index (χ1n) is 8.13. The molecule has 0 fully saturated rings. The molecule has 25 heavy (non-hydrogen) atoms. The van der Waals surface area contributed by atoms with Crippen molar-refractivity contribution in [3.05, 3.63) is 69.9 Å². The fourth-order valence-electron chi connectivity index (χ4n) is 3.29. The minimum absolute atomic E-state index is 0.00610. The van der Waals surface area contributed by atoms with Crippen molar-refractivity contribution in [2.24, 2.45) is 5.73 Å². The van der Waals surface area contributed by atoms with E-state index >= 15 is 0 Å². The molecule has 0 aliphatic heterocycles. The van der Waals surface area contributed by atoms with E-state index in [1.54, 1.807) is 25.1 Å². The Balaban J connectivity index is 2.30. The SMILES string of the molecule is CCc1c(C(C)=O)c2ccc(C(N)=O)cc2n1Cc1ccccc1Cl. The molecule has 1 aromatic heterocycles. The lowest BCUT2D eigenvalue weighted by Gasteiger charge is -2.12. The number of Topliss-reactive ketones (excluding diaryl/α,β-unsaturated/α-hetero) is 1. The van der Waals surface area contributed by atoms with Crippen LogP contribution in [0, 0.1) is 0 Å². The van der Waals surface area contributed by atoms with E-state index in [4.69, 9.17) is 17.3 Å². The number of carbonyl (C=O) groups excluding carboxylic acids is 2. The highest BCUT2D eigenvalue weighted by Crippen LogP contribution is 2.30. The molecule has 0 aliphatic rings. The molecule has 0 saturated carbocycles. The van der Waals surface area contributed by atoms with Crippen molar-refractivity contribution in [1.29, 1.82) is 0 Å². The molecular formula is C20H19ClN2O2. The molecule has 3 rings (SSSR count). The van der Waals surface area contributed by atoms with Crippen LogP contribution < -0.4 is 5.73 Å². The summed E-state index contributed by atoms with van der Waals surface area (Å²) in [5.74, 6) is -0.485. The topological polar surface area (TPSA) is 65.1 Å². The van der Waals surface area contributed by atoms with Gasteiger partial charge in [-0.3, -0.25) is 9.59 Å². The molecule has 0 atom stereocenters. The summed E-state index contributed by atoms with van der Waals surface area (Å²) >= 11 is 6.32. The third-order valence-corrected chi connectivity index (χ3v) is 4.80. The molecule has 128 valence electrons. The molecule has 0 aliphatic carbocycles. The number of benzene rings is 2. The molecule has 2 N–H and O–H groups in total. The van der Waals surface area contributed by atoms with Gasteiger partial charge in [0, 0.05) is 33.8 Å². The van der Waals surface area contributed by atoms with Gasteiger partial charge < -0.3 is 10.3 Å². The fourth-order valence-corrected chi connectivity index (χ4v) is 3.49. The van der Waals surface area contributed by atoms with Gasteiger partial charge in [-0.2, -0.15) is 0 Å². The van der Waals surface area contributed by atoms with Crippen molar-refractivity contribution in [3.63, 3.8) is 0 Å². The van der Waals surface area contributed by atoms with Gasteiger partial charge in [0.15, 0.2) is 5.78 Å². The van der Waals surface area contributed by atoms with E-state index in [-0.39, 0.29) is 5.78 Å². The van der Waals surface area contributed by atoms with Gasteiger partial charge in [0.2, 0.25) is 5.91 Å². The number of hydrogen-bond acceptors (Lipinski definition) is 2. The first-order chi connectivity index (χ1) is 11.9. The smallest absolute Gasteiger partial charge is 0.248 e. The zero-order valence-corrected chi connectivity index (χ0v) is 14.9. The molecule has 3 aromatic rings. The largest absolute Gasteiger partial charge is 0.366 e. The molecule has 4 nitrogen and oxygen atoms in total. The maximum absolute atomic E-state index is 12.3. The summed E-state index contributed by atoms with van der Waals surface area (Å²) in [5, 5.41) is 1.50. The van der Waals surface area contributed by atoms with Crippen molar-refractivity contribution in [2.75, 3.05) is 0 Å². The summed E-state index contributed by atoms with van der Waals surface area (Å²) in [6.07, 6.45) is 0.694. The minimum atomic E-state index is -0.491. The van der Waals surface area contributed by atoms with E-state index in [0.717, 1.165) is 22.2 Å². The molecule has 0 bridgehead atoms. The Kier molecular flexibility index (Phi) is 4.64. The highest BCUT2D eigenvalue weighted by Gasteiger charge is 2.20.